The van der Waals surface area contributed by atoms with Crippen LogP contribution in [0.3, 0.4) is 0 Å². The van der Waals surface area contributed by atoms with Gasteiger partial charge in [-0.05, 0) is 0 Å². The first kappa shape index (κ1) is 19.1. The largest absolute Gasteiger partial charge is 0.463 e. The molecule has 1 aliphatic heterocycles. The lowest BCUT2D eigenvalue weighted by molar-refractivity contribution is -0.150. The van der Waals surface area contributed by atoms with Crippen molar-refractivity contribution in [2.75, 3.05) is 18.9 Å². The van der Waals surface area contributed by atoms with E-state index in [4.69, 9.17) is 20.9 Å². The number of Topliss-reactive ketones (excluding diaryl/α,β-unsaturated/α-hetero) is 1. The highest BCUT2D eigenvalue weighted by Crippen LogP contribution is 2.32. The molecular weight excluding hydrogens is 360 g/mol. The van der Waals surface area contributed by atoms with Crippen molar-refractivity contribution >= 4 is 28.7 Å². The summed E-state index contributed by atoms with van der Waals surface area (Å²) in [6.45, 7) is -0.424. The number of aromatic nitrogens is 4. The minimum absolute atomic E-state index is 0.0170. The fourth-order valence-corrected chi connectivity index (χ4v) is 2.74. The van der Waals surface area contributed by atoms with Crippen molar-refractivity contribution in [3.63, 3.8) is 0 Å². The number of ketones is 1. The molecule has 3 heterocycles. The normalized spacial score (nSPS) is 25.0. The minimum Gasteiger partial charge on any atom is -0.463 e. The summed E-state index contributed by atoms with van der Waals surface area (Å²) in [5.41, 5.74) is 11.6. The third-order valence-corrected chi connectivity index (χ3v) is 4.24. The van der Waals surface area contributed by atoms with E-state index in [1.807, 2.05) is 0 Å². The molecule has 0 bridgehead atoms. The van der Waals surface area contributed by atoms with E-state index in [1.165, 1.54) is 17.2 Å². The van der Waals surface area contributed by atoms with Crippen LogP contribution in [0, 0.1) is 0 Å². The van der Waals surface area contributed by atoms with E-state index in [0.29, 0.717) is 11.2 Å². The number of nitrogen functional groups attached to an aromatic ring is 1. The van der Waals surface area contributed by atoms with E-state index in [1.54, 1.807) is 0 Å². The molecule has 12 nitrogen and oxygen atoms in total. The van der Waals surface area contributed by atoms with Gasteiger partial charge in [-0.25, -0.2) is 15.0 Å². The van der Waals surface area contributed by atoms with Crippen molar-refractivity contribution in [2.45, 2.75) is 37.4 Å². The standard InChI is InChI=1S/C15H20N6O6/c16-3-7(22)1-2-9(23)26-4-8-11(24)12(25)15(27-8)21-6-20-10-13(17)18-5-19-14(10)21/h5-6,8,11-12,15,24-25H,1-4,16H2,(H2,17,18,19)/t8-,11?,12?,15-/m1/s1. The average Bonchev–Trinajstić information content (AvgIpc) is 3.21. The second-order valence-corrected chi connectivity index (χ2v) is 6.06. The van der Waals surface area contributed by atoms with Gasteiger partial charge in [-0.3, -0.25) is 14.2 Å². The number of hydrogen-bond donors (Lipinski definition) is 4. The maximum Gasteiger partial charge on any atom is 0.306 e. The molecule has 0 aromatic carbocycles. The van der Waals surface area contributed by atoms with E-state index in [2.05, 4.69) is 15.0 Å². The van der Waals surface area contributed by atoms with E-state index < -0.39 is 30.5 Å². The Labute approximate surface area is 153 Å². The maximum absolute atomic E-state index is 11.7. The molecule has 0 radical (unpaired) electrons. The lowest BCUT2D eigenvalue weighted by Crippen LogP contribution is -2.34. The van der Waals surface area contributed by atoms with E-state index in [-0.39, 0.29) is 37.6 Å². The van der Waals surface area contributed by atoms with Gasteiger partial charge in [0.1, 0.15) is 42.5 Å². The quantitative estimate of drug-likeness (QED) is 0.384. The van der Waals surface area contributed by atoms with Crippen LogP contribution in [-0.4, -0.2) is 72.9 Å². The molecule has 2 aromatic heterocycles. The van der Waals surface area contributed by atoms with Crippen LogP contribution in [0.5, 0.6) is 0 Å². The molecule has 27 heavy (non-hydrogen) atoms. The molecule has 12 heteroatoms. The Balaban J connectivity index is 1.64. The summed E-state index contributed by atoms with van der Waals surface area (Å²) in [5.74, 6) is -0.712. The van der Waals surface area contributed by atoms with Crippen LogP contribution < -0.4 is 11.5 Å². The Bertz CT molecular complexity index is 841. The zero-order chi connectivity index (χ0) is 19.6. The summed E-state index contributed by atoms with van der Waals surface area (Å²) < 4.78 is 12.1. The molecule has 2 unspecified atom stereocenters. The number of fused-ring (bicyclic) bond motifs is 1. The van der Waals surface area contributed by atoms with Crippen molar-refractivity contribution in [1.29, 1.82) is 0 Å². The molecular formula is C15H20N6O6. The number of carbonyl (C=O) groups is 2. The second-order valence-electron chi connectivity index (χ2n) is 6.06. The summed E-state index contributed by atoms with van der Waals surface area (Å²) in [6.07, 6.45) is -2.09. The molecule has 6 N–H and O–H groups in total. The Morgan fingerprint density at radius 1 is 1.22 bits per heavy atom. The van der Waals surface area contributed by atoms with Crippen molar-refractivity contribution in [2.24, 2.45) is 5.73 Å². The van der Waals surface area contributed by atoms with Crippen LogP contribution in [0.4, 0.5) is 5.82 Å². The van der Waals surface area contributed by atoms with Gasteiger partial charge in [0, 0.05) is 6.42 Å². The van der Waals surface area contributed by atoms with Gasteiger partial charge in [-0.1, -0.05) is 0 Å². The smallest absolute Gasteiger partial charge is 0.306 e. The molecule has 0 spiro atoms. The highest BCUT2D eigenvalue weighted by Gasteiger charge is 2.44. The SMILES string of the molecule is NCC(=O)CCC(=O)OC[C@H]1O[C@@H](n2cnc3c(N)ncnc32)C(O)C1O. The first-order valence-corrected chi connectivity index (χ1v) is 8.24. The highest BCUT2D eigenvalue weighted by molar-refractivity contribution is 5.84. The Morgan fingerprint density at radius 3 is 2.74 bits per heavy atom. The lowest BCUT2D eigenvalue weighted by Gasteiger charge is -2.16. The zero-order valence-electron chi connectivity index (χ0n) is 14.3. The molecule has 1 aliphatic rings. The van der Waals surface area contributed by atoms with Crippen LogP contribution in [-0.2, 0) is 19.1 Å². The number of imidazole rings is 1. The number of esters is 1. The van der Waals surface area contributed by atoms with E-state index >= 15 is 0 Å². The Morgan fingerprint density at radius 2 is 2.00 bits per heavy atom. The van der Waals surface area contributed by atoms with Crippen molar-refractivity contribution in [3.05, 3.63) is 12.7 Å². The molecule has 146 valence electrons. The monoisotopic (exact) mass is 380 g/mol. The molecule has 3 rings (SSSR count). The summed E-state index contributed by atoms with van der Waals surface area (Å²) in [5, 5.41) is 20.5. The predicted molar refractivity (Wildman–Crippen MR) is 89.9 cm³/mol. The number of nitrogens with two attached hydrogens (primary N) is 2. The molecule has 2 aromatic rings. The zero-order valence-corrected chi connectivity index (χ0v) is 14.3. The van der Waals surface area contributed by atoms with Crippen molar-refractivity contribution in [1.82, 2.24) is 19.5 Å². The highest BCUT2D eigenvalue weighted by atomic mass is 16.6. The number of aliphatic hydroxyl groups is 2. The molecule has 0 amide bonds. The fourth-order valence-electron chi connectivity index (χ4n) is 2.74. The first-order chi connectivity index (χ1) is 12.9. The number of anilines is 1. The Kier molecular flexibility index (Phi) is 5.60. The van der Waals surface area contributed by atoms with Crippen LogP contribution in [0.2, 0.25) is 0 Å². The Hall–Kier alpha value is -2.67. The third kappa shape index (κ3) is 3.88. The number of aliphatic hydroxyl groups excluding tert-OH is 2. The van der Waals surface area contributed by atoms with E-state index in [9.17, 15) is 19.8 Å². The molecule has 0 saturated carbocycles. The van der Waals surface area contributed by atoms with Gasteiger partial charge < -0.3 is 31.2 Å². The maximum atomic E-state index is 11.7. The van der Waals surface area contributed by atoms with Crippen LogP contribution >= 0.6 is 0 Å². The van der Waals surface area contributed by atoms with Gasteiger partial charge in [0.15, 0.2) is 17.7 Å². The molecule has 4 atom stereocenters. The second kappa shape index (κ2) is 7.92. The van der Waals surface area contributed by atoms with Crippen molar-refractivity contribution < 1.29 is 29.3 Å². The summed E-state index contributed by atoms with van der Waals surface area (Å²) in [4.78, 5) is 34.8. The van der Waals surface area contributed by atoms with E-state index in [0.717, 1.165) is 0 Å². The number of ether oxygens (including phenoxy) is 2. The van der Waals surface area contributed by atoms with Crippen LogP contribution in [0.1, 0.15) is 19.1 Å². The first-order valence-electron chi connectivity index (χ1n) is 8.24. The minimum atomic E-state index is -1.30. The fraction of sp³-hybridized carbons (Fsp3) is 0.533. The summed E-state index contributed by atoms with van der Waals surface area (Å²) >= 11 is 0. The number of hydrogen-bond acceptors (Lipinski definition) is 11. The molecule has 1 saturated heterocycles. The van der Waals surface area contributed by atoms with Crippen LogP contribution in [0.25, 0.3) is 11.2 Å². The topological polar surface area (TPSA) is 189 Å². The third-order valence-electron chi connectivity index (χ3n) is 4.24. The number of carbonyl (C=O) groups excluding carboxylic acids is 2. The average molecular weight is 380 g/mol. The van der Waals surface area contributed by atoms with Crippen LogP contribution in [0.15, 0.2) is 12.7 Å². The van der Waals surface area contributed by atoms with Gasteiger partial charge in [0.05, 0.1) is 19.3 Å². The van der Waals surface area contributed by atoms with Gasteiger partial charge in [-0.2, -0.15) is 0 Å². The number of nitrogens with zero attached hydrogens (tertiary/aromatic N) is 4. The molecule has 0 aliphatic carbocycles. The van der Waals surface area contributed by atoms with Gasteiger partial charge >= 0.3 is 5.97 Å². The molecule has 1 fully saturated rings. The summed E-state index contributed by atoms with van der Waals surface area (Å²) in [6, 6.07) is 0. The summed E-state index contributed by atoms with van der Waals surface area (Å²) in [7, 11) is 0. The number of rotatable bonds is 7. The van der Waals surface area contributed by atoms with Gasteiger partial charge in [0.2, 0.25) is 0 Å². The van der Waals surface area contributed by atoms with Gasteiger partial charge in [-0.15, -0.1) is 0 Å². The lowest BCUT2D eigenvalue weighted by atomic mass is 10.1. The van der Waals surface area contributed by atoms with Gasteiger partial charge in [0.25, 0.3) is 0 Å². The van der Waals surface area contributed by atoms with Crippen molar-refractivity contribution in [3.8, 4) is 0 Å². The predicted octanol–water partition coefficient (Wildman–Crippen LogP) is -2.12.